The normalized spacial score (nSPS) is 31.1. The molecule has 2 saturated heterocycles. The summed E-state index contributed by atoms with van der Waals surface area (Å²) in [5, 5.41) is 0. The van der Waals surface area contributed by atoms with E-state index in [0.29, 0.717) is 26.4 Å². The van der Waals surface area contributed by atoms with Crippen LogP contribution >= 0.6 is 0 Å². The van der Waals surface area contributed by atoms with Crippen molar-refractivity contribution < 1.29 is 18.9 Å². The SMILES string of the molecule is CC#CCCO[C@H]1CO[C@H]2[C@@H]1OC[C@H]2OCCC#CC. The van der Waals surface area contributed by atoms with E-state index >= 15 is 0 Å². The summed E-state index contributed by atoms with van der Waals surface area (Å²) in [6.45, 7) is 6.06. The van der Waals surface area contributed by atoms with Gasteiger partial charge in [-0.05, 0) is 13.8 Å². The maximum absolute atomic E-state index is 5.78. The first-order valence-electron chi connectivity index (χ1n) is 7.12. The molecule has 0 aromatic carbocycles. The predicted molar refractivity (Wildman–Crippen MR) is 75.1 cm³/mol. The van der Waals surface area contributed by atoms with E-state index in [1.807, 2.05) is 13.8 Å². The van der Waals surface area contributed by atoms with E-state index in [0.717, 1.165) is 12.8 Å². The zero-order valence-electron chi connectivity index (χ0n) is 12.2. The summed E-state index contributed by atoms with van der Waals surface area (Å²) in [5.41, 5.74) is 0. The zero-order chi connectivity index (χ0) is 14.2. The second-order valence-corrected chi connectivity index (χ2v) is 4.77. The standard InChI is InChI=1S/C16H22O4/c1-3-5-7-9-17-13-11-19-16-14(12-20-15(13)16)18-10-8-6-4-2/h13-16H,7-12H2,1-2H3/t13-,14+,15-,16-/m1/s1. The highest BCUT2D eigenvalue weighted by Gasteiger charge is 2.48. The van der Waals surface area contributed by atoms with Crippen molar-refractivity contribution in [2.75, 3.05) is 26.4 Å². The van der Waals surface area contributed by atoms with Gasteiger partial charge >= 0.3 is 0 Å². The van der Waals surface area contributed by atoms with Gasteiger partial charge in [0.25, 0.3) is 0 Å². The Balaban J connectivity index is 1.72. The van der Waals surface area contributed by atoms with Crippen molar-refractivity contribution in [2.24, 2.45) is 0 Å². The average Bonchev–Trinajstić information content (AvgIpc) is 3.03. The number of fused-ring (bicyclic) bond motifs is 1. The second-order valence-electron chi connectivity index (χ2n) is 4.77. The quantitative estimate of drug-likeness (QED) is 0.543. The molecule has 4 atom stereocenters. The van der Waals surface area contributed by atoms with Crippen LogP contribution in [0, 0.1) is 23.7 Å². The summed E-state index contributed by atoms with van der Waals surface area (Å²) in [6.07, 6.45) is 1.49. The monoisotopic (exact) mass is 278 g/mol. The van der Waals surface area contributed by atoms with E-state index in [4.69, 9.17) is 18.9 Å². The van der Waals surface area contributed by atoms with Crippen LogP contribution in [-0.2, 0) is 18.9 Å². The zero-order valence-corrected chi connectivity index (χ0v) is 12.2. The molecule has 2 fully saturated rings. The van der Waals surface area contributed by atoms with Crippen LogP contribution in [0.1, 0.15) is 26.7 Å². The highest BCUT2D eigenvalue weighted by atomic mass is 16.6. The maximum atomic E-state index is 5.78. The van der Waals surface area contributed by atoms with Crippen molar-refractivity contribution in [2.45, 2.75) is 51.1 Å². The Morgan fingerprint density at radius 2 is 1.30 bits per heavy atom. The van der Waals surface area contributed by atoms with Crippen molar-refractivity contribution in [1.29, 1.82) is 0 Å². The fraction of sp³-hybridized carbons (Fsp3) is 0.750. The molecule has 0 spiro atoms. The molecule has 0 aliphatic carbocycles. The molecule has 110 valence electrons. The number of rotatable bonds is 6. The lowest BCUT2D eigenvalue weighted by molar-refractivity contribution is -0.0483. The van der Waals surface area contributed by atoms with Gasteiger partial charge in [0, 0.05) is 12.8 Å². The van der Waals surface area contributed by atoms with E-state index in [1.165, 1.54) is 0 Å². The third-order valence-corrected chi connectivity index (χ3v) is 3.43. The van der Waals surface area contributed by atoms with E-state index in [9.17, 15) is 0 Å². The Bertz CT molecular complexity index is 372. The summed E-state index contributed by atoms with van der Waals surface area (Å²) in [7, 11) is 0. The van der Waals surface area contributed by atoms with Gasteiger partial charge in [-0.3, -0.25) is 0 Å². The molecule has 0 unspecified atom stereocenters. The largest absolute Gasteiger partial charge is 0.372 e. The van der Waals surface area contributed by atoms with Gasteiger partial charge in [0.15, 0.2) is 0 Å². The average molecular weight is 278 g/mol. The summed E-state index contributed by atoms with van der Waals surface area (Å²) in [6, 6.07) is 0. The van der Waals surface area contributed by atoms with Gasteiger partial charge in [0.2, 0.25) is 0 Å². The van der Waals surface area contributed by atoms with Gasteiger partial charge in [-0.15, -0.1) is 23.7 Å². The molecular formula is C16H22O4. The van der Waals surface area contributed by atoms with Crippen LogP contribution in [0.15, 0.2) is 0 Å². The van der Waals surface area contributed by atoms with Crippen LogP contribution in [-0.4, -0.2) is 50.8 Å². The molecule has 2 aliphatic heterocycles. The summed E-state index contributed by atoms with van der Waals surface area (Å²) >= 11 is 0. The highest BCUT2D eigenvalue weighted by molar-refractivity contribution is 4.98. The third kappa shape index (κ3) is 3.98. The first-order valence-corrected chi connectivity index (χ1v) is 7.12. The number of ether oxygens (including phenoxy) is 4. The number of hydrogen-bond donors (Lipinski definition) is 0. The summed E-state index contributed by atoms with van der Waals surface area (Å²) in [5.74, 6) is 11.7. The Morgan fingerprint density at radius 1 is 0.850 bits per heavy atom. The van der Waals surface area contributed by atoms with Crippen molar-refractivity contribution in [1.82, 2.24) is 0 Å². The molecule has 20 heavy (non-hydrogen) atoms. The van der Waals surface area contributed by atoms with Crippen LogP contribution in [0.2, 0.25) is 0 Å². The smallest absolute Gasteiger partial charge is 0.115 e. The first kappa shape index (κ1) is 15.4. The molecule has 2 rings (SSSR count). The molecule has 0 bridgehead atoms. The van der Waals surface area contributed by atoms with Gasteiger partial charge in [-0.1, -0.05) is 0 Å². The summed E-state index contributed by atoms with van der Waals surface area (Å²) < 4.78 is 23.1. The Hall–Kier alpha value is -1.04. The molecule has 0 N–H and O–H groups in total. The van der Waals surface area contributed by atoms with Crippen molar-refractivity contribution in [3.63, 3.8) is 0 Å². The van der Waals surface area contributed by atoms with Crippen molar-refractivity contribution in [3.8, 4) is 23.7 Å². The van der Waals surface area contributed by atoms with Crippen molar-refractivity contribution >= 4 is 0 Å². The molecule has 4 nitrogen and oxygen atoms in total. The van der Waals surface area contributed by atoms with E-state index in [1.54, 1.807) is 0 Å². The molecular weight excluding hydrogens is 256 g/mol. The molecule has 0 radical (unpaired) electrons. The topological polar surface area (TPSA) is 36.9 Å². The van der Waals surface area contributed by atoms with Gasteiger partial charge < -0.3 is 18.9 Å². The lowest BCUT2D eigenvalue weighted by Crippen LogP contribution is -2.34. The Morgan fingerprint density at radius 3 is 1.70 bits per heavy atom. The minimum Gasteiger partial charge on any atom is -0.372 e. The number of hydrogen-bond acceptors (Lipinski definition) is 4. The minimum absolute atomic E-state index is 0.00249. The fourth-order valence-electron chi connectivity index (χ4n) is 2.49. The fourth-order valence-corrected chi connectivity index (χ4v) is 2.49. The molecule has 2 aliphatic rings. The van der Waals surface area contributed by atoms with Crippen LogP contribution in [0.25, 0.3) is 0 Å². The van der Waals surface area contributed by atoms with E-state index in [2.05, 4.69) is 23.7 Å². The first-order chi connectivity index (χ1) is 9.86. The van der Waals surface area contributed by atoms with Crippen LogP contribution in [0.5, 0.6) is 0 Å². The van der Waals surface area contributed by atoms with Gasteiger partial charge in [0.1, 0.15) is 24.4 Å². The van der Waals surface area contributed by atoms with E-state index < -0.39 is 0 Å². The second kappa shape index (κ2) is 8.29. The molecule has 2 heterocycles. The lowest BCUT2D eigenvalue weighted by atomic mass is 10.1. The summed E-state index contributed by atoms with van der Waals surface area (Å²) in [4.78, 5) is 0. The van der Waals surface area contributed by atoms with E-state index in [-0.39, 0.29) is 24.4 Å². The predicted octanol–water partition coefficient (Wildman–Crippen LogP) is 1.38. The minimum atomic E-state index is -0.00755. The highest BCUT2D eigenvalue weighted by Crippen LogP contribution is 2.30. The molecule has 4 heteroatoms. The Kier molecular flexibility index (Phi) is 6.36. The van der Waals surface area contributed by atoms with Crippen LogP contribution in [0.3, 0.4) is 0 Å². The van der Waals surface area contributed by atoms with Crippen molar-refractivity contribution in [3.05, 3.63) is 0 Å². The third-order valence-electron chi connectivity index (χ3n) is 3.43. The van der Waals surface area contributed by atoms with Gasteiger partial charge in [-0.2, -0.15) is 0 Å². The molecule has 0 saturated carbocycles. The Labute approximate surface area is 121 Å². The maximum Gasteiger partial charge on any atom is 0.115 e. The lowest BCUT2D eigenvalue weighted by Gasteiger charge is -2.16. The van der Waals surface area contributed by atoms with Crippen LogP contribution < -0.4 is 0 Å². The molecule has 0 amide bonds. The molecule has 0 aromatic rings. The van der Waals surface area contributed by atoms with Crippen LogP contribution in [0.4, 0.5) is 0 Å². The van der Waals surface area contributed by atoms with Gasteiger partial charge in [0.05, 0.1) is 26.4 Å². The van der Waals surface area contributed by atoms with Gasteiger partial charge in [-0.25, -0.2) is 0 Å². The molecule has 0 aromatic heterocycles.